The number of methoxy groups -OCH3 is 1. The zero-order valence-corrected chi connectivity index (χ0v) is 17.4. The summed E-state index contributed by atoms with van der Waals surface area (Å²) in [4.78, 5) is 17.9. The third-order valence-electron chi connectivity index (χ3n) is 5.42. The Hall–Kier alpha value is -1.86. The molecule has 1 N–H and O–H groups in total. The predicted octanol–water partition coefficient (Wildman–Crippen LogP) is 2.50. The van der Waals surface area contributed by atoms with Gasteiger partial charge in [-0.1, -0.05) is 29.8 Å². The topological polar surface area (TPSA) is 57.9 Å². The molecule has 152 valence electrons. The molecule has 3 rings (SSSR count). The molecule has 1 unspecified atom stereocenters. The number of piperazine rings is 1. The quantitative estimate of drug-likeness (QED) is 0.800. The molecule has 0 spiro atoms. The van der Waals surface area contributed by atoms with Gasteiger partial charge in [0.05, 0.1) is 18.2 Å². The van der Waals surface area contributed by atoms with Crippen molar-refractivity contribution in [2.24, 2.45) is 0 Å². The van der Waals surface area contributed by atoms with Crippen molar-refractivity contribution in [2.45, 2.75) is 19.5 Å². The molecule has 28 heavy (non-hydrogen) atoms. The fourth-order valence-electron chi connectivity index (χ4n) is 3.80. The fourth-order valence-corrected chi connectivity index (χ4v) is 4.04. The molecule has 7 heteroatoms. The van der Waals surface area contributed by atoms with Gasteiger partial charge in [-0.2, -0.15) is 0 Å². The van der Waals surface area contributed by atoms with Gasteiger partial charge in [0.2, 0.25) is 0 Å². The van der Waals surface area contributed by atoms with Crippen molar-refractivity contribution in [3.05, 3.63) is 62.5 Å². The first-order chi connectivity index (χ1) is 13.4. The van der Waals surface area contributed by atoms with Gasteiger partial charge in [-0.25, -0.2) is 0 Å². The van der Waals surface area contributed by atoms with Crippen molar-refractivity contribution in [3.8, 4) is 5.75 Å². The van der Waals surface area contributed by atoms with Gasteiger partial charge in [0.25, 0.3) is 5.56 Å². The number of aryl methyl sites for hydroxylation is 1. The van der Waals surface area contributed by atoms with E-state index in [-0.39, 0.29) is 11.3 Å². The second-order valence-electron chi connectivity index (χ2n) is 7.30. The summed E-state index contributed by atoms with van der Waals surface area (Å²) >= 11 is 6.53. The summed E-state index contributed by atoms with van der Waals surface area (Å²) in [6.07, 6.45) is 0. The van der Waals surface area contributed by atoms with E-state index in [9.17, 15) is 9.90 Å². The van der Waals surface area contributed by atoms with E-state index in [0.29, 0.717) is 29.4 Å². The fraction of sp³-hybridized carbons (Fsp3) is 0.476. The van der Waals surface area contributed by atoms with Crippen LogP contribution in [0.2, 0.25) is 5.02 Å². The minimum Gasteiger partial charge on any atom is -0.507 e. The zero-order valence-electron chi connectivity index (χ0n) is 16.7. The molecule has 0 saturated carbocycles. The number of likely N-dealkylation sites (N-methyl/N-ethyl adjacent to an activating group) is 1. The molecule has 1 atom stereocenters. The molecule has 1 aromatic heterocycles. The van der Waals surface area contributed by atoms with Gasteiger partial charge < -0.3 is 19.3 Å². The lowest BCUT2D eigenvalue weighted by atomic mass is 9.96. The Morgan fingerprint density at radius 1 is 1.21 bits per heavy atom. The third-order valence-corrected chi connectivity index (χ3v) is 5.76. The first kappa shape index (κ1) is 20.9. The summed E-state index contributed by atoms with van der Waals surface area (Å²) in [5.74, 6) is 0.0139. The molecule has 1 aliphatic rings. The summed E-state index contributed by atoms with van der Waals surface area (Å²) in [6, 6.07) is 8.81. The van der Waals surface area contributed by atoms with Crippen LogP contribution < -0.4 is 5.56 Å². The number of halogens is 1. The zero-order chi connectivity index (χ0) is 20.3. The van der Waals surface area contributed by atoms with Crippen molar-refractivity contribution in [2.75, 3.05) is 46.9 Å². The maximum Gasteiger partial charge on any atom is 0.259 e. The minimum atomic E-state index is -0.399. The van der Waals surface area contributed by atoms with Crippen LogP contribution in [-0.4, -0.2) is 66.4 Å². The SMILES string of the molecule is COCCn1c(C)cc(O)c(C(c2ccccc2Cl)N2CCN(C)CC2)c1=O. The van der Waals surface area contributed by atoms with Crippen LogP contribution >= 0.6 is 11.6 Å². The summed E-state index contributed by atoms with van der Waals surface area (Å²) in [5, 5.41) is 11.4. The monoisotopic (exact) mass is 405 g/mol. The van der Waals surface area contributed by atoms with Crippen LogP contribution in [0.5, 0.6) is 5.75 Å². The molecule has 6 nitrogen and oxygen atoms in total. The minimum absolute atomic E-state index is 0.0139. The van der Waals surface area contributed by atoms with Gasteiger partial charge in [-0.05, 0) is 31.7 Å². The Morgan fingerprint density at radius 2 is 1.89 bits per heavy atom. The van der Waals surface area contributed by atoms with E-state index in [2.05, 4.69) is 16.8 Å². The van der Waals surface area contributed by atoms with Crippen LogP contribution in [0.25, 0.3) is 0 Å². The summed E-state index contributed by atoms with van der Waals surface area (Å²) in [7, 11) is 3.70. The second kappa shape index (κ2) is 9.09. The largest absolute Gasteiger partial charge is 0.507 e. The average Bonchev–Trinajstić information content (AvgIpc) is 2.67. The Morgan fingerprint density at radius 3 is 2.54 bits per heavy atom. The lowest BCUT2D eigenvalue weighted by molar-refractivity contribution is 0.125. The average molecular weight is 406 g/mol. The highest BCUT2D eigenvalue weighted by atomic mass is 35.5. The Kier molecular flexibility index (Phi) is 6.78. The van der Waals surface area contributed by atoms with E-state index < -0.39 is 6.04 Å². The first-order valence-electron chi connectivity index (χ1n) is 9.53. The van der Waals surface area contributed by atoms with Crippen molar-refractivity contribution < 1.29 is 9.84 Å². The standard InChI is InChI=1S/C21H28ClN3O3/c1-15-14-18(26)19(21(27)25(15)12-13-28-3)20(16-6-4-5-7-17(16)22)24-10-8-23(2)9-11-24/h4-7,14,20,26H,8-13H2,1-3H3. The number of hydrogen-bond donors (Lipinski definition) is 1. The molecular weight excluding hydrogens is 378 g/mol. The van der Waals surface area contributed by atoms with Gasteiger partial charge in [0.1, 0.15) is 5.75 Å². The lowest BCUT2D eigenvalue weighted by Gasteiger charge is -2.38. The molecule has 0 radical (unpaired) electrons. The van der Waals surface area contributed by atoms with Crippen molar-refractivity contribution in [3.63, 3.8) is 0 Å². The van der Waals surface area contributed by atoms with Gasteiger partial charge in [0, 0.05) is 50.6 Å². The predicted molar refractivity (Wildman–Crippen MR) is 111 cm³/mol. The van der Waals surface area contributed by atoms with Gasteiger partial charge in [-0.3, -0.25) is 9.69 Å². The van der Waals surface area contributed by atoms with Gasteiger partial charge >= 0.3 is 0 Å². The van der Waals surface area contributed by atoms with Crippen LogP contribution in [-0.2, 0) is 11.3 Å². The molecule has 0 bridgehead atoms. The number of nitrogens with zero attached hydrogens (tertiary/aromatic N) is 3. The van der Waals surface area contributed by atoms with Crippen LogP contribution in [0.15, 0.2) is 35.1 Å². The second-order valence-corrected chi connectivity index (χ2v) is 7.70. The van der Waals surface area contributed by atoms with Gasteiger partial charge in [0.15, 0.2) is 0 Å². The Labute approximate surface area is 170 Å². The highest BCUT2D eigenvalue weighted by Crippen LogP contribution is 2.36. The highest BCUT2D eigenvalue weighted by molar-refractivity contribution is 6.31. The first-order valence-corrected chi connectivity index (χ1v) is 9.91. The number of aromatic hydroxyl groups is 1. The summed E-state index contributed by atoms with van der Waals surface area (Å²) in [5.41, 5.74) is 1.72. The number of aromatic nitrogens is 1. The van der Waals surface area contributed by atoms with E-state index in [1.165, 1.54) is 0 Å². The van der Waals surface area contributed by atoms with Crippen LogP contribution in [0.3, 0.4) is 0 Å². The molecule has 1 aromatic carbocycles. The summed E-state index contributed by atoms with van der Waals surface area (Å²) < 4.78 is 6.82. The Bertz CT molecular complexity index is 876. The van der Waals surface area contributed by atoms with E-state index >= 15 is 0 Å². The smallest absolute Gasteiger partial charge is 0.259 e. The van der Waals surface area contributed by atoms with E-state index in [1.807, 2.05) is 31.2 Å². The molecule has 1 saturated heterocycles. The molecule has 2 aromatic rings. The molecule has 2 heterocycles. The molecule has 1 fully saturated rings. The molecule has 1 aliphatic heterocycles. The van der Waals surface area contributed by atoms with Crippen LogP contribution in [0.4, 0.5) is 0 Å². The molecule has 0 aliphatic carbocycles. The van der Waals surface area contributed by atoms with E-state index in [1.54, 1.807) is 17.7 Å². The number of ether oxygens (including phenoxy) is 1. The molecule has 0 amide bonds. The Balaban J connectivity index is 2.15. The van der Waals surface area contributed by atoms with E-state index in [0.717, 1.165) is 31.7 Å². The van der Waals surface area contributed by atoms with Crippen molar-refractivity contribution in [1.29, 1.82) is 0 Å². The van der Waals surface area contributed by atoms with E-state index in [4.69, 9.17) is 16.3 Å². The number of rotatable bonds is 6. The lowest BCUT2D eigenvalue weighted by Crippen LogP contribution is -2.47. The van der Waals surface area contributed by atoms with Crippen LogP contribution in [0.1, 0.15) is 22.9 Å². The summed E-state index contributed by atoms with van der Waals surface area (Å²) in [6.45, 7) is 6.05. The maximum absolute atomic E-state index is 13.4. The van der Waals surface area contributed by atoms with Crippen molar-refractivity contribution >= 4 is 11.6 Å². The molecular formula is C21H28ClN3O3. The number of benzene rings is 1. The highest BCUT2D eigenvalue weighted by Gasteiger charge is 2.32. The normalized spacial score (nSPS) is 17.0. The maximum atomic E-state index is 13.4. The third kappa shape index (κ3) is 4.25. The van der Waals surface area contributed by atoms with Crippen molar-refractivity contribution in [1.82, 2.24) is 14.4 Å². The number of pyridine rings is 1. The number of hydrogen-bond acceptors (Lipinski definition) is 5. The van der Waals surface area contributed by atoms with Crippen LogP contribution in [0, 0.1) is 6.92 Å². The van der Waals surface area contributed by atoms with Gasteiger partial charge in [-0.15, -0.1) is 0 Å².